The van der Waals surface area contributed by atoms with Crippen LogP contribution in [0, 0.1) is 23.7 Å². The van der Waals surface area contributed by atoms with Gasteiger partial charge in [-0.3, -0.25) is 4.79 Å². The maximum absolute atomic E-state index is 11.9. The van der Waals surface area contributed by atoms with E-state index in [1.807, 2.05) is 26.8 Å². The van der Waals surface area contributed by atoms with Crippen LogP contribution in [0.3, 0.4) is 0 Å². The lowest BCUT2D eigenvalue weighted by Crippen LogP contribution is -2.30. The van der Waals surface area contributed by atoms with E-state index in [1.165, 1.54) is 6.08 Å². The Morgan fingerprint density at radius 3 is 2.70 bits per heavy atom. The molecule has 0 fully saturated rings. The highest BCUT2D eigenvalue weighted by molar-refractivity contribution is 6.01. The third kappa shape index (κ3) is 5.76. The first-order valence-electron chi connectivity index (χ1n) is 7.27. The summed E-state index contributed by atoms with van der Waals surface area (Å²) < 4.78 is 10.9. The van der Waals surface area contributed by atoms with Crippen LogP contribution >= 0.6 is 0 Å². The van der Waals surface area contributed by atoms with Crippen LogP contribution in [0.1, 0.15) is 26.3 Å². The molecule has 0 unspecified atom stereocenters. The van der Waals surface area contributed by atoms with Crippen molar-refractivity contribution in [2.24, 2.45) is 0 Å². The van der Waals surface area contributed by atoms with E-state index in [2.05, 4.69) is 11.2 Å². The summed E-state index contributed by atoms with van der Waals surface area (Å²) >= 11 is 0. The SMILES string of the molecule is C#CCOc1ccc(/C=C(/C#N)C(=O)NC(C)C)cc1OCC. The molecule has 5 nitrogen and oxygen atoms in total. The highest BCUT2D eigenvalue weighted by Crippen LogP contribution is 2.29. The van der Waals surface area contributed by atoms with E-state index in [9.17, 15) is 4.79 Å². The molecular formula is C18H20N2O3. The molecule has 0 aromatic heterocycles. The fraction of sp³-hybridized carbons (Fsp3) is 0.333. The largest absolute Gasteiger partial charge is 0.490 e. The van der Waals surface area contributed by atoms with Crippen molar-refractivity contribution >= 4 is 12.0 Å². The van der Waals surface area contributed by atoms with Crippen LogP contribution < -0.4 is 14.8 Å². The average Bonchev–Trinajstić information content (AvgIpc) is 2.51. The highest BCUT2D eigenvalue weighted by atomic mass is 16.5. The first kappa shape index (κ1) is 18.1. The smallest absolute Gasteiger partial charge is 0.262 e. The van der Waals surface area contributed by atoms with E-state index in [0.717, 1.165) is 0 Å². The van der Waals surface area contributed by atoms with Gasteiger partial charge in [-0.2, -0.15) is 5.26 Å². The maximum Gasteiger partial charge on any atom is 0.262 e. The minimum absolute atomic E-state index is 0.0263. The molecule has 1 aromatic rings. The predicted octanol–water partition coefficient (Wildman–Crippen LogP) is 2.53. The van der Waals surface area contributed by atoms with E-state index < -0.39 is 5.91 Å². The van der Waals surface area contributed by atoms with Gasteiger partial charge in [0, 0.05) is 6.04 Å². The van der Waals surface area contributed by atoms with Gasteiger partial charge in [0.05, 0.1) is 6.61 Å². The van der Waals surface area contributed by atoms with Gasteiger partial charge in [0.25, 0.3) is 5.91 Å². The fourth-order valence-corrected chi connectivity index (χ4v) is 1.78. The van der Waals surface area contributed by atoms with Gasteiger partial charge in [0.1, 0.15) is 18.2 Å². The van der Waals surface area contributed by atoms with E-state index in [1.54, 1.807) is 18.2 Å². The van der Waals surface area contributed by atoms with Gasteiger partial charge >= 0.3 is 0 Å². The number of benzene rings is 1. The lowest BCUT2D eigenvalue weighted by atomic mass is 10.1. The van der Waals surface area contributed by atoms with Crippen molar-refractivity contribution < 1.29 is 14.3 Å². The number of carbonyl (C=O) groups is 1. The van der Waals surface area contributed by atoms with Crippen molar-refractivity contribution in [3.63, 3.8) is 0 Å². The molecule has 1 aromatic carbocycles. The van der Waals surface area contributed by atoms with Gasteiger partial charge in [-0.1, -0.05) is 12.0 Å². The Labute approximate surface area is 136 Å². The van der Waals surface area contributed by atoms with Gasteiger partial charge in [-0.25, -0.2) is 0 Å². The van der Waals surface area contributed by atoms with Crippen LogP contribution in [0.2, 0.25) is 0 Å². The predicted molar refractivity (Wildman–Crippen MR) is 88.8 cm³/mol. The topological polar surface area (TPSA) is 71.3 Å². The molecule has 5 heteroatoms. The molecule has 1 N–H and O–H groups in total. The van der Waals surface area contributed by atoms with E-state index in [4.69, 9.17) is 21.2 Å². The van der Waals surface area contributed by atoms with E-state index in [0.29, 0.717) is 23.7 Å². The number of hydrogen-bond acceptors (Lipinski definition) is 4. The molecule has 0 aliphatic heterocycles. The normalized spacial score (nSPS) is 10.6. The zero-order valence-electron chi connectivity index (χ0n) is 13.6. The molecule has 0 radical (unpaired) electrons. The van der Waals surface area contributed by atoms with Crippen molar-refractivity contribution in [1.29, 1.82) is 5.26 Å². The third-order valence-corrected chi connectivity index (χ3v) is 2.67. The Morgan fingerprint density at radius 2 is 2.13 bits per heavy atom. The molecule has 1 rings (SSSR count). The summed E-state index contributed by atoms with van der Waals surface area (Å²) in [4.78, 5) is 11.9. The Hall–Kier alpha value is -2.92. The Balaban J connectivity index is 3.10. The second-order valence-electron chi connectivity index (χ2n) is 4.93. The van der Waals surface area contributed by atoms with Crippen LogP contribution in [0.4, 0.5) is 0 Å². The lowest BCUT2D eigenvalue weighted by molar-refractivity contribution is -0.117. The molecule has 0 aliphatic carbocycles. The molecule has 0 aliphatic rings. The van der Waals surface area contributed by atoms with Crippen LogP contribution in [-0.4, -0.2) is 25.2 Å². The molecule has 0 atom stereocenters. The number of nitrogens with zero attached hydrogens (tertiary/aromatic N) is 1. The highest BCUT2D eigenvalue weighted by Gasteiger charge is 2.11. The van der Waals surface area contributed by atoms with Crippen LogP contribution in [0.5, 0.6) is 11.5 Å². The van der Waals surface area contributed by atoms with Gasteiger partial charge in [-0.05, 0) is 44.5 Å². The molecule has 23 heavy (non-hydrogen) atoms. The van der Waals surface area contributed by atoms with Crippen molar-refractivity contribution in [1.82, 2.24) is 5.32 Å². The minimum Gasteiger partial charge on any atom is -0.490 e. The number of nitriles is 1. The van der Waals surface area contributed by atoms with Gasteiger partial charge in [-0.15, -0.1) is 6.42 Å². The van der Waals surface area contributed by atoms with Crippen molar-refractivity contribution in [2.45, 2.75) is 26.8 Å². The number of nitrogens with one attached hydrogen (secondary N) is 1. The standard InChI is InChI=1S/C18H20N2O3/c1-5-9-23-16-8-7-14(11-17(16)22-6-2)10-15(12-19)18(21)20-13(3)4/h1,7-8,10-11,13H,6,9H2,2-4H3,(H,20,21)/b15-10-. The molecule has 0 bridgehead atoms. The molecule has 0 spiro atoms. The summed E-state index contributed by atoms with van der Waals surface area (Å²) in [6, 6.07) is 6.99. The van der Waals surface area contributed by atoms with Crippen molar-refractivity contribution in [2.75, 3.05) is 13.2 Å². The number of terminal acetylenes is 1. The Morgan fingerprint density at radius 1 is 1.39 bits per heavy atom. The molecule has 0 saturated heterocycles. The molecule has 120 valence electrons. The van der Waals surface area contributed by atoms with Gasteiger partial charge in [0.2, 0.25) is 0 Å². The number of amides is 1. The average molecular weight is 312 g/mol. The Bertz CT molecular complexity index is 664. The van der Waals surface area contributed by atoms with E-state index in [-0.39, 0.29) is 18.2 Å². The van der Waals surface area contributed by atoms with Gasteiger partial charge < -0.3 is 14.8 Å². The molecule has 0 heterocycles. The fourth-order valence-electron chi connectivity index (χ4n) is 1.78. The van der Waals surface area contributed by atoms with Crippen molar-refractivity contribution in [3.8, 4) is 29.9 Å². The summed E-state index contributed by atoms with van der Waals surface area (Å²) in [6.07, 6.45) is 6.69. The lowest BCUT2D eigenvalue weighted by Gasteiger charge is -2.11. The summed E-state index contributed by atoms with van der Waals surface area (Å²) in [7, 11) is 0. The molecule has 1 amide bonds. The number of ether oxygens (including phenoxy) is 2. The zero-order chi connectivity index (χ0) is 17.2. The summed E-state index contributed by atoms with van der Waals surface area (Å²) in [5.74, 6) is 3.01. The second-order valence-corrected chi connectivity index (χ2v) is 4.93. The summed E-state index contributed by atoms with van der Waals surface area (Å²) in [6.45, 7) is 6.10. The molecule has 0 saturated carbocycles. The van der Waals surface area contributed by atoms with Crippen LogP contribution in [-0.2, 0) is 4.79 Å². The minimum atomic E-state index is -0.409. The summed E-state index contributed by atoms with van der Waals surface area (Å²) in [5.41, 5.74) is 0.690. The first-order chi connectivity index (χ1) is 11.0. The van der Waals surface area contributed by atoms with Gasteiger partial charge in [0.15, 0.2) is 11.5 Å². The summed E-state index contributed by atoms with van der Waals surface area (Å²) in [5, 5.41) is 11.8. The maximum atomic E-state index is 11.9. The van der Waals surface area contributed by atoms with Crippen molar-refractivity contribution in [3.05, 3.63) is 29.3 Å². The van der Waals surface area contributed by atoms with Crippen LogP contribution in [0.15, 0.2) is 23.8 Å². The second kappa shape index (κ2) is 9.17. The molecular weight excluding hydrogens is 292 g/mol. The van der Waals surface area contributed by atoms with Crippen LogP contribution in [0.25, 0.3) is 6.08 Å². The quantitative estimate of drug-likeness (QED) is 0.477. The Kier molecular flexibility index (Phi) is 7.23. The van der Waals surface area contributed by atoms with E-state index >= 15 is 0 Å². The number of carbonyl (C=O) groups excluding carboxylic acids is 1. The third-order valence-electron chi connectivity index (χ3n) is 2.67. The number of hydrogen-bond donors (Lipinski definition) is 1. The first-order valence-corrected chi connectivity index (χ1v) is 7.27. The number of rotatable bonds is 7. The monoisotopic (exact) mass is 312 g/mol. The zero-order valence-corrected chi connectivity index (χ0v) is 13.6.